The quantitative estimate of drug-likeness (QED) is 0.573. The van der Waals surface area contributed by atoms with Crippen LogP contribution < -0.4 is 9.47 Å². The summed E-state index contributed by atoms with van der Waals surface area (Å²) in [4.78, 5) is 12.3. The fourth-order valence-corrected chi connectivity index (χ4v) is 2.66. The van der Waals surface area contributed by atoms with Gasteiger partial charge in [-0.2, -0.15) is 0 Å². The number of carbonyl (C=O) groups excluding carboxylic acids is 1. The van der Waals surface area contributed by atoms with Crippen LogP contribution in [0.3, 0.4) is 0 Å². The van der Waals surface area contributed by atoms with Crippen LogP contribution in [0.5, 0.6) is 11.5 Å². The number of hydrogen-bond acceptors (Lipinski definition) is 7. The maximum absolute atomic E-state index is 12.3. The predicted octanol–water partition coefficient (Wildman–Crippen LogP) is 3.91. The molecule has 2 aromatic carbocycles. The van der Waals surface area contributed by atoms with Gasteiger partial charge in [0.1, 0.15) is 0 Å². The molecule has 1 atom stereocenters. The van der Waals surface area contributed by atoms with Crippen LogP contribution >= 0.6 is 0 Å². The Hall–Kier alpha value is -3.35. The molecule has 1 aromatic heterocycles. The molecule has 0 amide bonds. The maximum Gasteiger partial charge on any atom is 0.311 e. The fourth-order valence-electron chi connectivity index (χ4n) is 2.66. The van der Waals surface area contributed by atoms with Gasteiger partial charge in [0.05, 0.1) is 20.6 Å². The first-order valence-electron chi connectivity index (χ1n) is 8.81. The highest BCUT2D eigenvalue weighted by Crippen LogP contribution is 2.28. The minimum atomic E-state index is -0.653. The first kappa shape index (κ1) is 19.4. The molecule has 0 aliphatic heterocycles. The average molecular weight is 382 g/mol. The molecule has 0 saturated heterocycles. The highest BCUT2D eigenvalue weighted by atomic mass is 16.6. The molecule has 7 nitrogen and oxygen atoms in total. The van der Waals surface area contributed by atoms with E-state index < -0.39 is 12.1 Å². The molecule has 0 saturated carbocycles. The number of aryl methyl sites for hydroxylation is 1. The molecule has 0 radical (unpaired) electrons. The van der Waals surface area contributed by atoms with Crippen molar-refractivity contribution in [2.45, 2.75) is 26.4 Å². The molecule has 0 aliphatic rings. The minimum Gasteiger partial charge on any atom is -0.493 e. The number of rotatable bonds is 7. The van der Waals surface area contributed by atoms with Crippen molar-refractivity contribution in [1.29, 1.82) is 0 Å². The van der Waals surface area contributed by atoms with Crippen LogP contribution in [0.2, 0.25) is 0 Å². The van der Waals surface area contributed by atoms with Gasteiger partial charge >= 0.3 is 5.97 Å². The van der Waals surface area contributed by atoms with Gasteiger partial charge in [0.2, 0.25) is 5.89 Å². The highest BCUT2D eigenvalue weighted by Gasteiger charge is 2.19. The van der Waals surface area contributed by atoms with Crippen LogP contribution in [0.15, 0.2) is 46.9 Å². The van der Waals surface area contributed by atoms with Crippen molar-refractivity contribution < 1.29 is 23.4 Å². The summed E-state index contributed by atoms with van der Waals surface area (Å²) >= 11 is 0. The molecule has 3 rings (SSSR count). The Kier molecular flexibility index (Phi) is 5.93. The lowest BCUT2D eigenvalue weighted by Gasteiger charge is -2.11. The van der Waals surface area contributed by atoms with Crippen LogP contribution in [0, 0.1) is 6.92 Å². The standard InChI is InChI=1S/C21H22N2O5/c1-13-5-8-16(9-6-13)21-23-22-20(28-21)14(2)27-19(24)12-15-7-10-17(25-3)18(11-15)26-4/h5-11,14H,12H2,1-4H3/t14-/m0/s1. The predicted molar refractivity (Wildman–Crippen MR) is 102 cm³/mol. The first-order valence-corrected chi connectivity index (χ1v) is 8.81. The molecule has 1 heterocycles. The smallest absolute Gasteiger partial charge is 0.311 e. The van der Waals surface area contributed by atoms with Crippen molar-refractivity contribution in [1.82, 2.24) is 10.2 Å². The number of benzene rings is 2. The summed E-state index contributed by atoms with van der Waals surface area (Å²) < 4.78 is 21.5. The first-order chi connectivity index (χ1) is 13.5. The lowest BCUT2D eigenvalue weighted by molar-refractivity contribution is -0.148. The van der Waals surface area contributed by atoms with Crippen molar-refractivity contribution in [3.63, 3.8) is 0 Å². The maximum atomic E-state index is 12.3. The number of esters is 1. The molecular formula is C21H22N2O5. The van der Waals surface area contributed by atoms with E-state index in [-0.39, 0.29) is 12.3 Å². The molecule has 0 fully saturated rings. The highest BCUT2D eigenvalue weighted by molar-refractivity contribution is 5.73. The van der Waals surface area contributed by atoms with Gasteiger partial charge in [-0.25, -0.2) is 0 Å². The van der Waals surface area contributed by atoms with Gasteiger partial charge in [-0.05, 0) is 43.7 Å². The molecule has 28 heavy (non-hydrogen) atoms. The summed E-state index contributed by atoms with van der Waals surface area (Å²) in [7, 11) is 3.10. The Balaban J connectivity index is 1.64. The Morgan fingerprint density at radius 3 is 2.43 bits per heavy atom. The van der Waals surface area contributed by atoms with Crippen molar-refractivity contribution in [2.24, 2.45) is 0 Å². The Morgan fingerprint density at radius 1 is 1.04 bits per heavy atom. The van der Waals surface area contributed by atoms with E-state index in [1.165, 1.54) is 0 Å². The fraction of sp³-hybridized carbons (Fsp3) is 0.286. The summed E-state index contributed by atoms with van der Waals surface area (Å²) in [5.41, 5.74) is 2.70. The Labute approximate surface area is 163 Å². The zero-order chi connectivity index (χ0) is 20.1. The van der Waals surface area contributed by atoms with Gasteiger partial charge in [0.15, 0.2) is 17.6 Å². The average Bonchev–Trinajstić information content (AvgIpc) is 3.18. The minimum absolute atomic E-state index is 0.0870. The largest absolute Gasteiger partial charge is 0.493 e. The van der Waals surface area contributed by atoms with Crippen molar-refractivity contribution in [2.75, 3.05) is 14.2 Å². The summed E-state index contributed by atoms with van der Waals surface area (Å²) in [5, 5.41) is 8.03. The zero-order valence-electron chi connectivity index (χ0n) is 16.3. The topological polar surface area (TPSA) is 83.7 Å². The van der Waals surface area contributed by atoms with Gasteiger partial charge < -0.3 is 18.6 Å². The van der Waals surface area contributed by atoms with E-state index in [9.17, 15) is 4.79 Å². The third kappa shape index (κ3) is 4.49. The van der Waals surface area contributed by atoms with Crippen molar-refractivity contribution >= 4 is 5.97 Å². The summed E-state index contributed by atoms with van der Waals surface area (Å²) in [6.07, 6.45) is -0.566. The third-order valence-corrected chi connectivity index (χ3v) is 4.19. The SMILES string of the molecule is COc1ccc(CC(=O)O[C@@H](C)c2nnc(-c3ccc(C)cc3)o2)cc1OC. The number of hydrogen-bond donors (Lipinski definition) is 0. The van der Waals surface area contributed by atoms with E-state index in [2.05, 4.69) is 10.2 Å². The Bertz CT molecular complexity index is 950. The molecule has 0 bridgehead atoms. The molecule has 0 unspecified atom stereocenters. The van der Waals surface area contributed by atoms with Crippen molar-refractivity contribution in [3.05, 3.63) is 59.5 Å². The van der Waals surface area contributed by atoms with Crippen LogP contribution in [-0.4, -0.2) is 30.4 Å². The number of aromatic nitrogens is 2. The third-order valence-electron chi connectivity index (χ3n) is 4.19. The molecule has 0 aliphatic carbocycles. The molecule has 7 heteroatoms. The lowest BCUT2D eigenvalue weighted by atomic mass is 10.1. The van der Waals surface area contributed by atoms with Gasteiger partial charge in [0.25, 0.3) is 5.89 Å². The van der Waals surface area contributed by atoms with Crippen LogP contribution in [0.1, 0.15) is 30.0 Å². The zero-order valence-corrected chi connectivity index (χ0v) is 16.3. The van der Waals surface area contributed by atoms with Gasteiger partial charge in [0, 0.05) is 5.56 Å². The number of nitrogens with zero attached hydrogens (tertiary/aromatic N) is 2. The van der Waals surface area contributed by atoms with Gasteiger partial charge in [-0.15, -0.1) is 10.2 Å². The molecular weight excluding hydrogens is 360 g/mol. The molecule has 146 valence electrons. The van der Waals surface area contributed by atoms with Crippen LogP contribution in [0.25, 0.3) is 11.5 Å². The van der Waals surface area contributed by atoms with E-state index in [0.29, 0.717) is 17.4 Å². The molecule has 0 N–H and O–H groups in total. The second-order valence-electron chi connectivity index (χ2n) is 6.31. The number of methoxy groups -OCH3 is 2. The van der Waals surface area contributed by atoms with Gasteiger partial charge in [-0.3, -0.25) is 4.79 Å². The monoisotopic (exact) mass is 382 g/mol. The second kappa shape index (κ2) is 8.56. The number of carbonyl (C=O) groups is 1. The normalized spacial score (nSPS) is 11.7. The van der Waals surface area contributed by atoms with Crippen molar-refractivity contribution in [3.8, 4) is 23.0 Å². The van der Waals surface area contributed by atoms with Crippen LogP contribution in [0.4, 0.5) is 0 Å². The summed E-state index contributed by atoms with van der Waals surface area (Å²) in [6.45, 7) is 3.70. The lowest BCUT2D eigenvalue weighted by Crippen LogP contribution is -2.12. The van der Waals surface area contributed by atoms with E-state index in [1.807, 2.05) is 31.2 Å². The molecule has 3 aromatic rings. The Morgan fingerprint density at radius 2 is 1.75 bits per heavy atom. The van der Waals surface area contributed by atoms with E-state index in [1.54, 1.807) is 39.3 Å². The van der Waals surface area contributed by atoms with Crippen LogP contribution in [-0.2, 0) is 16.0 Å². The summed E-state index contributed by atoms with van der Waals surface area (Å²) in [5.74, 6) is 1.38. The van der Waals surface area contributed by atoms with E-state index in [0.717, 1.165) is 16.7 Å². The van der Waals surface area contributed by atoms with Gasteiger partial charge in [-0.1, -0.05) is 23.8 Å². The van der Waals surface area contributed by atoms with E-state index >= 15 is 0 Å². The second-order valence-corrected chi connectivity index (χ2v) is 6.31. The van der Waals surface area contributed by atoms with E-state index in [4.69, 9.17) is 18.6 Å². The number of ether oxygens (including phenoxy) is 3. The summed E-state index contributed by atoms with van der Waals surface area (Å²) in [6, 6.07) is 13.0. The molecule has 0 spiro atoms.